The number of carbonyl (C=O) groups is 1. The summed E-state index contributed by atoms with van der Waals surface area (Å²) < 4.78 is 14.5. The molecule has 1 aliphatic carbocycles. The SMILES string of the molecule is C=CC1=CC(NC(=O)CCCCN[S+]([O-])C(C)C)CC=C1SC. The van der Waals surface area contributed by atoms with E-state index in [4.69, 9.17) is 0 Å². The van der Waals surface area contributed by atoms with Crippen LogP contribution in [0.3, 0.4) is 0 Å². The van der Waals surface area contributed by atoms with E-state index in [1.165, 1.54) is 4.91 Å². The Kier molecular flexibility index (Phi) is 9.71. The second-order valence-electron chi connectivity index (χ2n) is 5.71. The van der Waals surface area contributed by atoms with Crippen molar-refractivity contribution in [2.45, 2.75) is 50.8 Å². The summed E-state index contributed by atoms with van der Waals surface area (Å²) in [5, 5.41) is 3.17. The maximum absolute atomic E-state index is 12.0. The zero-order valence-corrected chi connectivity index (χ0v) is 15.9. The Morgan fingerprint density at radius 1 is 1.57 bits per heavy atom. The van der Waals surface area contributed by atoms with Crippen molar-refractivity contribution in [3.63, 3.8) is 0 Å². The van der Waals surface area contributed by atoms with Crippen LogP contribution in [0.25, 0.3) is 0 Å². The van der Waals surface area contributed by atoms with Gasteiger partial charge < -0.3 is 9.87 Å². The maximum atomic E-state index is 12.0. The smallest absolute Gasteiger partial charge is 0.220 e. The molecule has 0 aromatic heterocycles. The fourth-order valence-corrected chi connectivity index (χ4v) is 3.55. The first-order valence-electron chi connectivity index (χ1n) is 8.00. The molecule has 23 heavy (non-hydrogen) atoms. The average Bonchev–Trinajstić information content (AvgIpc) is 2.53. The lowest BCUT2D eigenvalue weighted by molar-refractivity contribution is -0.121. The molecule has 1 aliphatic rings. The number of allylic oxidation sites excluding steroid dienone is 2. The maximum Gasteiger partial charge on any atom is 0.220 e. The lowest BCUT2D eigenvalue weighted by Gasteiger charge is -2.20. The Labute approximate surface area is 147 Å². The molecular formula is C17H28N2O2S2. The molecule has 0 saturated heterocycles. The van der Waals surface area contributed by atoms with E-state index >= 15 is 0 Å². The summed E-state index contributed by atoms with van der Waals surface area (Å²) in [6.07, 6.45) is 11.1. The highest BCUT2D eigenvalue weighted by atomic mass is 32.2. The van der Waals surface area contributed by atoms with Gasteiger partial charge in [0.25, 0.3) is 0 Å². The number of carbonyl (C=O) groups excluding carboxylic acids is 1. The first-order valence-corrected chi connectivity index (χ1v) is 10.4. The van der Waals surface area contributed by atoms with Crippen LogP contribution in [0.15, 0.2) is 35.3 Å². The van der Waals surface area contributed by atoms with E-state index in [1.807, 2.05) is 26.2 Å². The van der Waals surface area contributed by atoms with E-state index in [0.29, 0.717) is 13.0 Å². The molecule has 2 N–H and O–H groups in total. The molecule has 0 heterocycles. The van der Waals surface area contributed by atoms with Crippen molar-refractivity contribution in [3.8, 4) is 0 Å². The van der Waals surface area contributed by atoms with Crippen molar-refractivity contribution in [1.82, 2.24) is 10.0 Å². The van der Waals surface area contributed by atoms with E-state index < -0.39 is 11.4 Å². The average molecular weight is 357 g/mol. The number of amides is 1. The predicted molar refractivity (Wildman–Crippen MR) is 102 cm³/mol. The monoisotopic (exact) mass is 356 g/mol. The molecule has 0 aliphatic heterocycles. The largest absolute Gasteiger partial charge is 0.598 e. The molecule has 2 atom stereocenters. The second kappa shape index (κ2) is 11.0. The lowest BCUT2D eigenvalue weighted by atomic mass is 10.0. The molecule has 130 valence electrons. The quantitative estimate of drug-likeness (QED) is 0.466. The Balaban J connectivity index is 2.24. The molecule has 0 radical (unpaired) electrons. The normalized spacial score (nSPS) is 19.1. The molecule has 0 saturated carbocycles. The number of hydrogen-bond donors (Lipinski definition) is 2. The summed E-state index contributed by atoms with van der Waals surface area (Å²) in [5.41, 5.74) is 1.09. The molecule has 2 unspecified atom stereocenters. The van der Waals surface area contributed by atoms with E-state index in [-0.39, 0.29) is 17.2 Å². The van der Waals surface area contributed by atoms with Gasteiger partial charge in [-0.2, -0.15) is 0 Å². The van der Waals surface area contributed by atoms with Gasteiger partial charge >= 0.3 is 0 Å². The molecule has 0 aromatic rings. The van der Waals surface area contributed by atoms with Crippen LogP contribution in [0.2, 0.25) is 0 Å². The summed E-state index contributed by atoms with van der Waals surface area (Å²) in [6, 6.07) is 0.0537. The third-order valence-corrected chi connectivity index (χ3v) is 5.70. The van der Waals surface area contributed by atoms with Crippen LogP contribution in [-0.2, 0) is 16.2 Å². The fourth-order valence-electron chi connectivity index (χ4n) is 2.22. The van der Waals surface area contributed by atoms with Gasteiger partial charge in [0.05, 0.1) is 6.04 Å². The summed E-state index contributed by atoms with van der Waals surface area (Å²) >= 11 is 0.723. The molecule has 0 spiro atoms. The zero-order chi connectivity index (χ0) is 17.2. The van der Waals surface area contributed by atoms with E-state index in [1.54, 1.807) is 11.8 Å². The minimum atomic E-state index is -0.977. The van der Waals surface area contributed by atoms with E-state index in [2.05, 4.69) is 28.8 Å². The molecule has 0 fully saturated rings. The molecule has 4 nitrogen and oxygen atoms in total. The van der Waals surface area contributed by atoms with Crippen molar-refractivity contribution >= 4 is 29.0 Å². The number of hydrogen-bond acceptors (Lipinski definition) is 4. The Hall–Kier alpha value is -0.690. The van der Waals surface area contributed by atoms with Crippen LogP contribution in [-0.4, -0.2) is 34.6 Å². The van der Waals surface area contributed by atoms with Gasteiger partial charge in [-0.1, -0.05) is 24.8 Å². The van der Waals surface area contributed by atoms with Crippen molar-refractivity contribution in [2.75, 3.05) is 12.8 Å². The van der Waals surface area contributed by atoms with Crippen molar-refractivity contribution in [2.24, 2.45) is 0 Å². The van der Waals surface area contributed by atoms with Crippen molar-refractivity contribution in [3.05, 3.63) is 35.3 Å². The number of thioether (sulfide) groups is 1. The molecular weight excluding hydrogens is 328 g/mol. The molecule has 0 bridgehead atoms. The first-order chi connectivity index (χ1) is 11.0. The standard InChI is InChI=1S/C17H28N2O2S2/c1-5-14-12-15(9-10-16(14)22-4)19-17(20)8-6-7-11-18-23(21)13(2)3/h5,10,12-13,15,18H,1,6-9,11H2,2-4H3,(H,19,20). The van der Waals surface area contributed by atoms with Crippen LogP contribution in [0.1, 0.15) is 39.5 Å². The lowest BCUT2D eigenvalue weighted by Crippen LogP contribution is -2.34. The fraction of sp³-hybridized carbons (Fsp3) is 0.588. The Morgan fingerprint density at radius 2 is 2.30 bits per heavy atom. The molecule has 1 rings (SSSR count). The predicted octanol–water partition coefficient (Wildman–Crippen LogP) is 3.07. The highest BCUT2D eigenvalue weighted by Crippen LogP contribution is 2.27. The Morgan fingerprint density at radius 3 is 2.91 bits per heavy atom. The third kappa shape index (κ3) is 7.61. The van der Waals surface area contributed by atoms with E-state index in [0.717, 1.165) is 24.8 Å². The highest BCUT2D eigenvalue weighted by Gasteiger charge is 2.15. The van der Waals surface area contributed by atoms with Gasteiger partial charge in [-0.3, -0.25) is 4.79 Å². The molecule has 1 amide bonds. The summed E-state index contributed by atoms with van der Waals surface area (Å²) in [4.78, 5) is 13.2. The van der Waals surface area contributed by atoms with Gasteiger partial charge in [-0.25, -0.2) is 0 Å². The minimum Gasteiger partial charge on any atom is -0.598 e. The first kappa shape index (κ1) is 20.4. The summed E-state index contributed by atoms with van der Waals surface area (Å²) in [7, 11) is 0. The van der Waals surface area contributed by atoms with Crippen LogP contribution < -0.4 is 10.0 Å². The third-order valence-electron chi connectivity index (χ3n) is 3.51. The Bertz CT molecular complexity index is 462. The number of nitrogens with one attached hydrogen (secondary N) is 2. The number of unbranched alkanes of at least 4 members (excludes halogenated alkanes) is 1. The number of rotatable bonds is 10. The summed E-state index contributed by atoms with van der Waals surface area (Å²) in [5.74, 6) is 0.0700. The summed E-state index contributed by atoms with van der Waals surface area (Å²) in [6.45, 7) is 8.35. The highest BCUT2D eigenvalue weighted by molar-refractivity contribution is 8.02. The second-order valence-corrected chi connectivity index (χ2v) is 8.38. The van der Waals surface area contributed by atoms with Crippen LogP contribution >= 0.6 is 11.8 Å². The topological polar surface area (TPSA) is 64.2 Å². The molecule has 6 heteroatoms. The van der Waals surface area contributed by atoms with Crippen LogP contribution in [0, 0.1) is 0 Å². The van der Waals surface area contributed by atoms with Crippen LogP contribution in [0.5, 0.6) is 0 Å². The van der Waals surface area contributed by atoms with Crippen molar-refractivity contribution in [1.29, 1.82) is 0 Å². The molecule has 0 aromatic carbocycles. The van der Waals surface area contributed by atoms with Gasteiger partial charge in [0.2, 0.25) is 5.91 Å². The van der Waals surface area contributed by atoms with Gasteiger partial charge in [-0.05, 0) is 44.9 Å². The van der Waals surface area contributed by atoms with Gasteiger partial charge in [0.15, 0.2) is 0 Å². The zero-order valence-electron chi connectivity index (χ0n) is 14.3. The van der Waals surface area contributed by atoms with E-state index in [9.17, 15) is 9.35 Å². The minimum absolute atomic E-state index is 0.0537. The van der Waals surface area contributed by atoms with Gasteiger partial charge in [-0.15, -0.1) is 16.5 Å². The van der Waals surface area contributed by atoms with Gasteiger partial charge in [0.1, 0.15) is 5.25 Å². The van der Waals surface area contributed by atoms with Gasteiger partial charge in [0, 0.05) is 29.2 Å². The van der Waals surface area contributed by atoms with Crippen molar-refractivity contribution < 1.29 is 9.35 Å². The van der Waals surface area contributed by atoms with Crippen LogP contribution in [0.4, 0.5) is 0 Å².